The minimum absolute atomic E-state index is 0.0103. The number of halogens is 2. The second-order valence-corrected chi connectivity index (χ2v) is 5.89. The van der Waals surface area contributed by atoms with Crippen molar-refractivity contribution >= 4 is 39.3 Å². The molecule has 1 fully saturated rings. The van der Waals surface area contributed by atoms with E-state index in [0.717, 1.165) is 12.8 Å². The van der Waals surface area contributed by atoms with E-state index in [1.807, 2.05) is 0 Å². The van der Waals surface area contributed by atoms with Crippen LogP contribution in [0.15, 0.2) is 32.5 Å². The lowest BCUT2D eigenvalue weighted by Crippen LogP contribution is -2.31. The number of hydrogen-bond acceptors (Lipinski definition) is 6. The summed E-state index contributed by atoms with van der Waals surface area (Å²) in [5.41, 5.74) is 0.413. The zero-order valence-corrected chi connectivity index (χ0v) is 13.7. The van der Waals surface area contributed by atoms with Gasteiger partial charge in [-0.15, -0.1) is 0 Å². The highest BCUT2D eigenvalue weighted by molar-refractivity contribution is 9.10. The van der Waals surface area contributed by atoms with E-state index >= 15 is 0 Å². The Morgan fingerprint density at radius 2 is 2.17 bits per heavy atom. The maximum atomic E-state index is 13.3. The molecule has 0 aliphatic heterocycles. The molecule has 3 rings (SSSR count). The van der Waals surface area contributed by atoms with Gasteiger partial charge in [0.05, 0.1) is 4.47 Å². The van der Waals surface area contributed by atoms with Crippen LogP contribution in [-0.4, -0.2) is 33.4 Å². The van der Waals surface area contributed by atoms with Gasteiger partial charge in [-0.25, -0.2) is 13.8 Å². The van der Waals surface area contributed by atoms with Crippen molar-refractivity contribution in [2.24, 2.45) is 5.16 Å². The van der Waals surface area contributed by atoms with Crippen LogP contribution in [0.5, 0.6) is 0 Å². The number of hydrogen-bond donors (Lipinski definition) is 4. The first-order chi connectivity index (χ1) is 11.6. The monoisotopic (exact) mass is 398 g/mol. The average Bonchev–Trinajstić information content (AvgIpc) is 3.25. The molecule has 4 N–H and O–H groups in total. The van der Waals surface area contributed by atoms with Gasteiger partial charge in [-0.3, -0.25) is 5.32 Å². The number of urea groups is 1. The Morgan fingerprint density at radius 3 is 2.83 bits per heavy atom. The van der Waals surface area contributed by atoms with Gasteiger partial charge in [0, 0.05) is 11.7 Å². The first-order valence-corrected chi connectivity index (χ1v) is 7.70. The number of amidine groups is 1. The Hall–Kier alpha value is -2.69. The zero-order chi connectivity index (χ0) is 17.1. The van der Waals surface area contributed by atoms with Crippen molar-refractivity contribution in [3.63, 3.8) is 0 Å². The standard InChI is InChI=1S/C13H12BrFN6O3/c14-8-5-7(3-4-9(8)15)16-11(19-23)10-12(21-24-20-10)18-13(22)17-6-1-2-6/h3-6,23H,1-2H2,(H,16,19)(H2,17,18,21,22). The lowest BCUT2D eigenvalue weighted by Gasteiger charge is -2.08. The van der Waals surface area contributed by atoms with E-state index < -0.39 is 11.8 Å². The van der Waals surface area contributed by atoms with Gasteiger partial charge in [-0.1, -0.05) is 5.16 Å². The van der Waals surface area contributed by atoms with E-state index in [2.05, 4.69) is 52.0 Å². The van der Waals surface area contributed by atoms with Crippen molar-refractivity contribution in [1.29, 1.82) is 0 Å². The number of amides is 2. The van der Waals surface area contributed by atoms with Crippen molar-refractivity contribution in [1.82, 2.24) is 15.6 Å². The molecule has 0 radical (unpaired) electrons. The molecule has 1 heterocycles. The number of nitrogens with zero attached hydrogens (tertiary/aromatic N) is 3. The highest BCUT2D eigenvalue weighted by atomic mass is 79.9. The van der Waals surface area contributed by atoms with Crippen LogP contribution in [0.3, 0.4) is 0 Å². The van der Waals surface area contributed by atoms with Gasteiger partial charge in [0.1, 0.15) is 5.82 Å². The number of carbonyl (C=O) groups excluding carboxylic acids is 1. The molecule has 0 atom stereocenters. The van der Waals surface area contributed by atoms with Crippen molar-refractivity contribution in [2.45, 2.75) is 18.9 Å². The molecular weight excluding hydrogens is 387 g/mol. The quantitative estimate of drug-likeness (QED) is 0.271. The summed E-state index contributed by atoms with van der Waals surface area (Å²) in [6.07, 6.45) is 1.86. The third kappa shape index (κ3) is 3.79. The molecule has 0 saturated heterocycles. The lowest BCUT2D eigenvalue weighted by molar-refractivity contribution is 0.251. The number of nitrogens with one attached hydrogen (secondary N) is 3. The Kier molecular flexibility index (Phi) is 4.60. The number of benzene rings is 1. The van der Waals surface area contributed by atoms with Gasteiger partial charge in [0.25, 0.3) is 0 Å². The summed E-state index contributed by atoms with van der Waals surface area (Å²) in [6.45, 7) is 0. The third-order valence-electron chi connectivity index (χ3n) is 3.14. The van der Waals surface area contributed by atoms with Gasteiger partial charge in [-0.2, -0.15) is 0 Å². The Morgan fingerprint density at radius 1 is 1.38 bits per heavy atom. The minimum atomic E-state index is -0.462. The molecule has 0 bridgehead atoms. The molecule has 9 nitrogen and oxygen atoms in total. The van der Waals surface area contributed by atoms with E-state index in [-0.39, 0.29) is 27.9 Å². The fourth-order valence-electron chi connectivity index (χ4n) is 1.82. The molecule has 0 spiro atoms. The molecule has 1 saturated carbocycles. The number of rotatable bonds is 4. The zero-order valence-electron chi connectivity index (χ0n) is 12.1. The predicted molar refractivity (Wildman–Crippen MR) is 85.5 cm³/mol. The molecule has 1 aliphatic rings. The molecule has 1 aromatic carbocycles. The summed E-state index contributed by atoms with van der Waals surface area (Å²) >= 11 is 3.05. The molecule has 1 aromatic heterocycles. The van der Waals surface area contributed by atoms with Gasteiger partial charge in [0.2, 0.25) is 11.7 Å². The van der Waals surface area contributed by atoms with Crippen LogP contribution in [-0.2, 0) is 0 Å². The highest BCUT2D eigenvalue weighted by Crippen LogP contribution is 2.22. The fraction of sp³-hybridized carbons (Fsp3) is 0.231. The van der Waals surface area contributed by atoms with Gasteiger partial charge < -0.3 is 15.8 Å². The maximum absolute atomic E-state index is 13.3. The number of carbonyl (C=O) groups is 1. The maximum Gasteiger partial charge on any atom is 0.320 e. The Labute approximate surface area is 143 Å². The number of aromatic nitrogens is 2. The van der Waals surface area contributed by atoms with Crippen molar-refractivity contribution in [3.05, 3.63) is 34.2 Å². The van der Waals surface area contributed by atoms with E-state index in [0.29, 0.717) is 5.69 Å². The number of anilines is 2. The second kappa shape index (κ2) is 6.83. The van der Waals surface area contributed by atoms with Crippen LogP contribution in [0, 0.1) is 5.82 Å². The van der Waals surface area contributed by atoms with Crippen molar-refractivity contribution < 1.29 is 19.0 Å². The summed E-state index contributed by atoms with van der Waals surface area (Å²) in [6, 6.07) is 3.81. The first kappa shape index (κ1) is 16.2. The topological polar surface area (TPSA) is 125 Å². The molecule has 2 aromatic rings. The summed E-state index contributed by atoms with van der Waals surface area (Å²) in [5.74, 6) is -0.587. The molecule has 11 heteroatoms. The highest BCUT2D eigenvalue weighted by Gasteiger charge is 2.25. The van der Waals surface area contributed by atoms with Gasteiger partial charge in [0.15, 0.2) is 5.69 Å². The van der Waals surface area contributed by atoms with E-state index in [9.17, 15) is 14.4 Å². The lowest BCUT2D eigenvalue weighted by atomic mass is 10.3. The second-order valence-electron chi connectivity index (χ2n) is 5.04. The van der Waals surface area contributed by atoms with Crippen LogP contribution in [0.2, 0.25) is 0 Å². The van der Waals surface area contributed by atoms with Crippen LogP contribution in [0.4, 0.5) is 20.7 Å². The summed E-state index contributed by atoms with van der Waals surface area (Å²) in [7, 11) is 0. The van der Waals surface area contributed by atoms with E-state index in [4.69, 9.17) is 0 Å². The third-order valence-corrected chi connectivity index (χ3v) is 3.75. The molecule has 1 aliphatic carbocycles. The van der Waals surface area contributed by atoms with Crippen molar-refractivity contribution in [2.75, 3.05) is 10.6 Å². The normalized spacial score (nSPS) is 14.3. The van der Waals surface area contributed by atoms with E-state index in [1.54, 1.807) is 0 Å². The molecule has 2 amide bonds. The number of oxime groups is 1. The average molecular weight is 399 g/mol. The minimum Gasteiger partial charge on any atom is -0.409 e. The van der Waals surface area contributed by atoms with Crippen LogP contribution in [0.1, 0.15) is 18.5 Å². The summed E-state index contributed by atoms with van der Waals surface area (Å²) in [4.78, 5) is 11.8. The first-order valence-electron chi connectivity index (χ1n) is 6.91. The smallest absolute Gasteiger partial charge is 0.320 e. The van der Waals surface area contributed by atoms with Crippen molar-refractivity contribution in [3.8, 4) is 0 Å². The largest absolute Gasteiger partial charge is 0.409 e. The Balaban J connectivity index is 1.74. The van der Waals surface area contributed by atoms with Gasteiger partial charge >= 0.3 is 6.03 Å². The molecular formula is C13H12BrFN6O3. The van der Waals surface area contributed by atoms with Crippen LogP contribution < -0.4 is 16.0 Å². The van der Waals surface area contributed by atoms with Crippen LogP contribution >= 0.6 is 15.9 Å². The summed E-state index contributed by atoms with van der Waals surface area (Å²) < 4.78 is 18.1. The summed E-state index contributed by atoms with van der Waals surface area (Å²) in [5, 5.41) is 27.4. The SMILES string of the molecule is O=C(Nc1nonc1/C(=N/O)Nc1ccc(F)c(Br)c1)NC1CC1. The van der Waals surface area contributed by atoms with E-state index in [1.165, 1.54) is 18.2 Å². The molecule has 126 valence electrons. The van der Waals surface area contributed by atoms with Crippen LogP contribution in [0.25, 0.3) is 0 Å². The van der Waals surface area contributed by atoms with Gasteiger partial charge in [-0.05, 0) is 57.3 Å². The molecule has 0 unspecified atom stereocenters. The fourth-order valence-corrected chi connectivity index (χ4v) is 2.20. The predicted octanol–water partition coefficient (Wildman–Crippen LogP) is 2.50. The molecule has 24 heavy (non-hydrogen) atoms. The Bertz CT molecular complexity index is 792.